The lowest BCUT2D eigenvalue weighted by atomic mass is 10.2. The number of carbonyl (C=O) groups excluding carboxylic acids is 2. The quantitative estimate of drug-likeness (QED) is 0.303. The van der Waals surface area contributed by atoms with E-state index < -0.39 is 5.97 Å². The van der Waals surface area contributed by atoms with Gasteiger partial charge in [-0.25, -0.2) is 4.79 Å². The molecule has 2 aromatic heterocycles. The molecule has 0 aliphatic heterocycles. The Hall–Kier alpha value is -3.07. The molecule has 1 amide bonds. The van der Waals surface area contributed by atoms with Crippen LogP contribution in [0, 0.1) is 18.3 Å². The molecule has 0 unspecified atom stereocenters. The third-order valence-electron chi connectivity index (χ3n) is 4.60. The summed E-state index contributed by atoms with van der Waals surface area (Å²) in [6, 6.07) is 9.06. The molecule has 0 saturated heterocycles. The summed E-state index contributed by atoms with van der Waals surface area (Å²) in [7, 11) is 0. The third-order valence-corrected chi connectivity index (χ3v) is 7.00. The standard InChI is InChI=1S/C22H22ClN5O4S2/c1-4-28-17(11-32-15-8-6-14(23)7-9-15)26-27-22(28)33-12-18(29)25-20-16(10-24)13(3)19(34-20)21(30)31-5-2/h6-9H,4-5,11-12H2,1-3H3,(H,25,29). The van der Waals surface area contributed by atoms with Crippen LogP contribution in [0.15, 0.2) is 29.4 Å². The van der Waals surface area contributed by atoms with Crippen LogP contribution < -0.4 is 10.1 Å². The van der Waals surface area contributed by atoms with E-state index in [1.807, 2.05) is 17.6 Å². The highest BCUT2D eigenvalue weighted by Gasteiger charge is 2.22. The summed E-state index contributed by atoms with van der Waals surface area (Å²) in [6.45, 7) is 6.35. The highest BCUT2D eigenvalue weighted by atomic mass is 35.5. The van der Waals surface area contributed by atoms with Crippen molar-refractivity contribution < 1.29 is 19.1 Å². The van der Waals surface area contributed by atoms with Crippen molar-refractivity contribution in [2.45, 2.75) is 39.1 Å². The van der Waals surface area contributed by atoms with Crippen molar-refractivity contribution in [2.24, 2.45) is 0 Å². The first kappa shape index (κ1) is 25.6. The maximum absolute atomic E-state index is 12.6. The van der Waals surface area contributed by atoms with Crippen LogP contribution in [0.1, 0.15) is 40.5 Å². The topological polar surface area (TPSA) is 119 Å². The number of aromatic nitrogens is 3. The Morgan fingerprint density at radius 3 is 2.65 bits per heavy atom. The predicted molar refractivity (Wildman–Crippen MR) is 131 cm³/mol. The number of halogens is 1. The van der Waals surface area contributed by atoms with Crippen molar-refractivity contribution >= 4 is 51.6 Å². The monoisotopic (exact) mass is 519 g/mol. The molecule has 34 heavy (non-hydrogen) atoms. The second-order valence-corrected chi connectivity index (χ2v) is 9.21. The molecule has 0 radical (unpaired) electrons. The first-order valence-electron chi connectivity index (χ1n) is 10.3. The Kier molecular flexibility index (Phi) is 8.92. The van der Waals surface area contributed by atoms with Gasteiger partial charge in [-0.15, -0.1) is 21.5 Å². The van der Waals surface area contributed by atoms with Crippen molar-refractivity contribution in [3.8, 4) is 11.8 Å². The Morgan fingerprint density at radius 1 is 1.26 bits per heavy atom. The van der Waals surface area contributed by atoms with Gasteiger partial charge in [0.25, 0.3) is 0 Å². The van der Waals surface area contributed by atoms with Gasteiger partial charge in [-0.3, -0.25) is 4.79 Å². The molecule has 3 rings (SSSR count). The molecule has 2 heterocycles. The maximum Gasteiger partial charge on any atom is 0.348 e. The molecule has 1 N–H and O–H groups in total. The second kappa shape index (κ2) is 11.9. The van der Waals surface area contributed by atoms with Gasteiger partial charge >= 0.3 is 5.97 Å². The van der Waals surface area contributed by atoms with Crippen LogP contribution in [0.2, 0.25) is 5.02 Å². The number of thiophene rings is 1. The normalized spacial score (nSPS) is 10.6. The van der Waals surface area contributed by atoms with Crippen LogP contribution in [0.5, 0.6) is 5.75 Å². The number of carbonyl (C=O) groups is 2. The minimum atomic E-state index is -0.513. The molecule has 9 nitrogen and oxygen atoms in total. The molecular formula is C22H22ClN5O4S2. The van der Waals surface area contributed by atoms with E-state index >= 15 is 0 Å². The molecule has 1 aromatic carbocycles. The second-order valence-electron chi connectivity index (χ2n) is 6.82. The Bertz CT molecular complexity index is 1220. The van der Waals surface area contributed by atoms with Gasteiger partial charge in [0, 0.05) is 11.6 Å². The maximum atomic E-state index is 12.6. The Balaban J connectivity index is 1.63. The number of amides is 1. The summed E-state index contributed by atoms with van der Waals surface area (Å²) in [6.07, 6.45) is 0. The third kappa shape index (κ3) is 6.08. The molecule has 3 aromatic rings. The summed E-state index contributed by atoms with van der Waals surface area (Å²) >= 11 is 8.14. The molecule has 0 aliphatic carbocycles. The van der Waals surface area contributed by atoms with Gasteiger partial charge in [-0.2, -0.15) is 5.26 Å². The van der Waals surface area contributed by atoms with Gasteiger partial charge in [0.15, 0.2) is 11.0 Å². The fraction of sp³-hybridized carbons (Fsp3) is 0.318. The van der Waals surface area contributed by atoms with Crippen molar-refractivity contribution in [3.63, 3.8) is 0 Å². The number of nitrogens with one attached hydrogen (secondary N) is 1. The average Bonchev–Trinajstić information content (AvgIpc) is 3.36. The van der Waals surface area contributed by atoms with Gasteiger partial charge < -0.3 is 19.4 Å². The highest BCUT2D eigenvalue weighted by molar-refractivity contribution is 7.99. The number of esters is 1. The van der Waals surface area contributed by atoms with Crippen LogP contribution in [0.25, 0.3) is 0 Å². The molecule has 178 valence electrons. The lowest BCUT2D eigenvalue weighted by Gasteiger charge is -2.09. The van der Waals surface area contributed by atoms with Gasteiger partial charge in [0.2, 0.25) is 5.91 Å². The van der Waals surface area contributed by atoms with Crippen LogP contribution in [-0.4, -0.2) is 39.0 Å². The highest BCUT2D eigenvalue weighted by Crippen LogP contribution is 2.33. The zero-order valence-electron chi connectivity index (χ0n) is 18.8. The van der Waals surface area contributed by atoms with E-state index in [-0.39, 0.29) is 30.4 Å². The molecular weight excluding hydrogens is 498 g/mol. The van der Waals surface area contributed by atoms with Crippen molar-refractivity contribution in [1.29, 1.82) is 5.26 Å². The Morgan fingerprint density at radius 2 is 2.00 bits per heavy atom. The zero-order valence-corrected chi connectivity index (χ0v) is 21.1. The van der Waals surface area contributed by atoms with E-state index in [4.69, 9.17) is 21.1 Å². The number of ether oxygens (including phenoxy) is 2. The Labute approximate surface area is 210 Å². The van der Waals surface area contributed by atoms with Gasteiger partial charge in [0.1, 0.15) is 28.3 Å². The van der Waals surface area contributed by atoms with Crippen LogP contribution >= 0.6 is 34.7 Å². The van der Waals surface area contributed by atoms with E-state index in [1.54, 1.807) is 38.1 Å². The van der Waals surface area contributed by atoms with E-state index in [0.29, 0.717) is 43.7 Å². The SMILES string of the molecule is CCOC(=O)c1sc(NC(=O)CSc2nnc(COc3ccc(Cl)cc3)n2CC)c(C#N)c1C. The van der Waals surface area contributed by atoms with E-state index in [1.165, 1.54) is 11.8 Å². The molecule has 0 bridgehead atoms. The van der Waals surface area contributed by atoms with Crippen molar-refractivity contribution in [2.75, 3.05) is 17.7 Å². The smallest absolute Gasteiger partial charge is 0.348 e. The van der Waals surface area contributed by atoms with E-state index in [2.05, 4.69) is 15.5 Å². The minimum absolute atomic E-state index is 0.0483. The van der Waals surface area contributed by atoms with Crippen molar-refractivity contribution in [1.82, 2.24) is 14.8 Å². The molecule has 0 fully saturated rings. The summed E-state index contributed by atoms with van der Waals surface area (Å²) < 4.78 is 12.6. The number of thioether (sulfide) groups is 1. The lowest BCUT2D eigenvalue weighted by Crippen LogP contribution is -2.15. The largest absolute Gasteiger partial charge is 0.486 e. The predicted octanol–water partition coefficient (Wildman–Crippen LogP) is 4.68. The van der Waals surface area contributed by atoms with Crippen LogP contribution in [0.3, 0.4) is 0 Å². The van der Waals surface area contributed by atoms with Crippen LogP contribution in [-0.2, 0) is 22.7 Å². The van der Waals surface area contributed by atoms with Gasteiger partial charge in [-0.1, -0.05) is 23.4 Å². The number of hydrogen-bond donors (Lipinski definition) is 1. The number of nitriles is 1. The number of benzene rings is 1. The van der Waals surface area contributed by atoms with Crippen LogP contribution in [0.4, 0.5) is 5.00 Å². The fourth-order valence-electron chi connectivity index (χ4n) is 2.95. The lowest BCUT2D eigenvalue weighted by molar-refractivity contribution is -0.113. The summed E-state index contributed by atoms with van der Waals surface area (Å²) in [5.41, 5.74) is 0.745. The summed E-state index contributed by atoms with van der Waals surface area (Å²) in [5.74, 6) is 0.487. The number of anilines is 1. The summed E-state index contributed by atoms with van der Waals surface area (Å²) in [5, 5.41) is 22.1. The van der Waals surface area contributed by atoms with Crippen molar-refractivity contribution in [3.05, 3.63) is 51.1 Å². The van der Waals surface area contributed by atoms with Gasteiger partial charge in [0.05, 0.1) is 17.9 Å². The zero-order chi connectivity index (χ0) is 24.7. The molecule has 0 atom stereocenters. The number of hydrogen-bond acceptors (Lipinski definition) is 9. The molecule has 12 heteroatoms. The number of rotatable bonds is 10. The number of nitrogens with zero attached hydrogens (tertiary/aromatic N) is 4. The first-order valence-corrected chi connectivity index (χ1v) is 12.5. The fourth-order valence-corrected chi connectivity index (χ4v) is 4.96. The van der Waals surface area contributed by atoms with E-state index in [0.717, 1.165) is 11.3 Å². The van der Waals surface area contributed by atoms with E-state index in [9.17, 15) is 14.9 Å². The average molecular weight is 520 g/mol. The molecule has 0 spiro atoms. The first-order chi connectivity index (χ1) is 16.4. The minimum Gasteiger partial charge on any atom is -0.486 e. The molecule has 0 aliphatic rings. The van der Waals surface area contributed by atoms with Gasteiger partial charge in [-0.05, 0) is 50.6 Å². The summed E-state index contributed by atoms with van der Waals surface area (Å²) in [4.78, 5) is 25.0. The molecule has 0 saturated carbocycles.